The molecule has 0 atom stereocenters. The van der Waals surface area contributed by atoms with E-state index in [1.807, 2.05) is 22.6 Å². The predicted octanol–water partition coefficient (Wildman–Crippen LogP) is 2.70. The van der Waals surface area contributed by atoms with Crippen molar-refractivity contribution in [3.8, 4) is 11.5 Å². The van der Waals surface area contributed by atoms with Crippen LogP contribution in [0.1, 0.15) is 20.9 Å². The summed E-state index contributed by atoms with van der Waals surface area (Å²) in [5.41, 5.74) is 1.64. The highest BCUT2D eigenvalue weighted by atomic mass is 32.1. The molecule has 0 radical (unpaired) electrons. The molecule has 0 aliphatic carbocycles. The van der Waals surface area contributed by atoms with E-state index in [4.69, 9.17) is 9.47 Å². The van der Waals surface area contributed by atoms with E-state index in [0.717, 1.165) is 5.56 Å². The highest BCUT2D eigenvalue weighted by Gasteiger charge is 2.19. The summed E-state index contributed by atoms with van der Waals surface area (Å²) in [4.78, 5) is 16.6. The maximum atomic E-state index is 11.4. The van der Waals surface area contributed by atoms with Crippen molar-refractivity contribution in [3.05, 3.63) is 46.7 Å². The van der Waals surface area contributed by atoms with Gasteiger partial charge in [-0.25, -0.2) is 9.78 Å². The summed E-state index contributed by atoms with van der Waals surface area (Å²) in [7, 11) is 3.15. The first-order chi connectivity index (χ1) is 10.6. The summed E-state index contributed by atoms with van der Waals surface area (Å²) in [6.45, 7) is 0. The number of nitrogens with zero attached hydrogens (tertiary/aromatic N) is 2. The van der Waals surface area contributed by atoms with Crippen LogP contribution < -0.4 is 9.47 Å². The van der Waals surface area contributed by atoms with Crippen LogP contribution >= 0.6 is 11.3 Å². The van der Waals surface area contributed by atoms with Gasteiger partial charge in [0.25, 0.3) is 0 Å². The molecular formula is C15H14N2O4S. The number of fused-ring (bicyclic) bond motifs is 1. The van der Waals surface area contributed by atoms with Crippen molar-refractivity contribution < 1.29 is 19.4 Å². The van der Waals surface area contributed by atoms with E-state index in [-0.39, 0.29) is 0 Å². The Balaban J connectivity index is 2.04. The van der Waals surface area contributed by atoms with E-state index in [0.29, 0.717) is 33.5 Å². The lowest BCUT2D eigenvalue weighted by molar-refractivity contribution is 0.0700. The van der Waals surface area contributed by atoms with Gasteiger partial charge in [0.1, 0.15) is 4.88 Å². The maximum Gasteiger partial charge on any atom is 0.347 e. The SMILES string of the molecule is COc1ccc(Cc2c(C(=O)O)sc3nccn23)cc1OC. The Labute approximate surface area is 130 Å². The smallest absolute Gasteiger partial charge is 0.347 e. The van der Waals surface area contributed by atoms with Gasteiger partial charge in [0.2, 0.25) is 0 Å². The molecule has 0 fully saturated rings. The number of carbonyl (C=O) groups is 1. The minimum absolute atomic E-state index is 0.304. The molecule has 1 N–H and O–H groups in total. The van der Waals surface area contributed by atoms with Crippen molar-refractivity contribution >= 4 is 22.3 Å². The van der Waals surface area contributed by atoms with Gasteiger partial charge in [-0.1, -0.05) is 17.4 Å². The molecule has 0 bridgehead atoms. The van der Waals surface area contributed by atoms with E-state index in [1.165, 1.54) is 11.3 Å². The van der Waals surface area contributed by atoms with E-state index in [2.05, 4.69) is 4.98 Å². The Hall–Kier alpha value is -2.54. The lowest BCUT2D eigenvalue weighted by Gasteiger charge is -2.09. The van der Waals surface area contributed by atoms with Crippen molar-refractivity contribution in [3.63, 3.8) is 0 Å². The Bertz CT molecular complexity index is 837. The van der Waals surface area contributed by atoms with Crippen LogP contribution in [-0.2, 0) is 6.42 Å². The number of aromatic nitrogens is 2. The molecular weight excluding hydrogens is 304 g/mol. The lowest BCUT2D eigenvalue weighted by atomic mass is 10.1. The Morgan fingerprint density at radius 1 is 1.32 bits per heavy atom. The van der Waals surface area contributed by atoms with E-state index < -0.39 is 5.97 Å². The maximum absolute atomic E-state index is 11.4. The fourth-order valence-corrected chi connectivity index (χ4v) is 3.29. The van der Waals surface area contributed by atoms with Gasteiger partial charge in [0, 0.05) is 18.8 Å². The topological polar surface area (TPSA) is 73.1 Å². The number of aromatic carboxylic acids is 1. The van der Waals surface area contributed by atoms with Crippen LogP contribution in [0.25, 0.3) is 4.96 Å². The number of carboxylic acid groups (broad SMARTS) is 1. The number of rotatable bonds is 5. The second-order valence-electron chi connectivity index (χ2n) is 4.63. The molecule has 0 spiro atoms. The molecule has 114 valence electrons. The number of hydrogen-bond donors (Lipinski definition) is 1. The van der Waals surface area contributed by atoms with Crippen molar-refractivity contribution in [1.29, 1.82) is 0 Å². The van der Waals surface area contributed by atoms with Gasteiger partial charge in [-0.2, -0.15) is 0 Å². The largest absolute Gasteiger partial charge is 0.493 e. The van der Waals surface area contributed by atoms with Crippen LogP contribution in [0.4, 0.5) is 0 Å². The molecule has 2 heterocycles. The third-order valence-corrected chi connectivity index (χ3v) is 4.47. The second-order valence-corrected chi connectivity index (χ2v) is 5.61. The minimum atomic E-state index is -0.939. The zero-order valence-electron chi connectivity index (χ0n) is 12.1. The van der Waals surface area contributed by atoms with E-state index in [1.54, 1.807) is 26.6 Å². The van der Waals surface area contributed by atoms with E-state index >= 15 is 0 Å². The quantitative estimate of drug-likeness (QED) is 0.783. The van der Waals surface area contributed by atoms with Crippen molar-refractivity contribution in [2.24, 2.45) is 0 Å². The van der Waals surface area contributed by atoms with E-state index in [9.17, 15) is 9.90 Å². The Morgan fingerprint density at radius 2 is 2.09 bits per heavy atom. The summed E-state index contributed by atoms with van der Waals surface area (Å²) >= 11 is 1.17. The van der Waals surface area contributed by atoms with Gasteiger partial charge < -0.3 is 14.6 Å². The summed E-state index contributed by atoms with van der Waals surface area (Å²) in [6, 6.07) is 5.56. The lowest BCUT2D eigenvalue weighted by Crippen LogP contribution is -2.02. The highest BCUT2D eigenvalue weighted by molar-refractivity contribution is 7.18. The number of benzene rings is 1. The molecule has 2 aromatic heterocycles. The normalized spacial score (nSPS) is 10.8. The molecule has 0 unspecified atom stereocenters. The first kappa shape index (κ1) is 14.4. The number of methoxy groups -OCH3 is 2. The molecule has 0 saturated carbocycles. The van der Waals surface area contributed by atoms with Crippen LogP contribution in [0.5, 0.6) is 11.5 Å². The van der Waals surface area contributed by atoms with Gasteiger partial charge in [0.05, 0.1) is 19.9 Å². The highest BCUT2D eigenvalue weighted by Crippen LogP contribution is 2.30. The molecule has 0 amide bonds. The van der Waals surface area contributed by atoms with Crippen LogP contribution in [0.2, 0.25) is 0 Å². The molecule has 0 aliphatic heterocycles. The van der Waals surface area contributed by atoms with Gasteiger partial charge >= 0.3 is 5.97 Å². The number of hydrogen-bond acceptors (Lipinski definition) is 5. The second kappa shape index (κ2) is 5.69. The average molecular weight is 318 g/mol. The van der Waals surface area contributed by atoms with Gasteiger partial charge in [-0.15, -0.1) is 0 Å². The fourth-order valence-electron chi connectivity index (χ4n) is 2.35. The zero-order valence-corrected chi connectivity index (χ0v) is 12.9. The molecule has 3 aromatic rings. The van der Waals surface area contributed by atoms with Gasteiger partial charge in [-0.05, 0) is 17.7 Å². The summed E-state index contributed by atoms with van der Waals surface area (Å²) in [6.07, 6.45) is 3.91. The van der Waals surface area contributed by atoms with Crippen LogP contribution in [0.15, 0.2) is 30.6 Å². The van der Waals surface area contributed by atoms with Crippen LogP contribution in [-0.4, -0.2) is 34.7 Å². The molecule has 1 aromatic carbocycles. The minimum Gasteiger partial charge on any atom is -0.493 e. The molecule has 7 heteroatoms. The fraction of sp³-hybridized carbons (Fsp3) is 0.200. The summed E-state index contributed by atoms with van der Waals surface area (Å²) < 4.78 is 12.3. The van der Waals surface area contributed by atoms with Crippen molar-refractivity contribution in [2.75, 3.05) is 14.2 Å². The number of ether oxygens (including phenoxy) is 2. The molecule has 6 nitrogen and oxygen atoms in total. The third kappa shape index (κ3) is 2.39. The van der Waals surface area contributed by atoms with Crippen LogP contribution in [0, 0.1) is 0 Å². The first-order valence-corrected chi connectivity index (χ1v) is 7.34. The zero-order chi connectivity index (χ0) is 15.7. The summed E-state index contributed by atoms with van der Waals surface area (Å²) in [5, 5.41) is 9.37. The number of thiazole rings is 1. The average Bonchev–Trinajstić information content (AvgIpc) is 3.09. The first-order valence-electron chi connectivity index (χ1n) is 6.53. The Morgan fingerprint density at radius 3 is 2.77 bits per heavy atom. The predicted molar refractivity (Wildman–Crippen MR) is 82.4 cm³/mol. The monoisotopic (exact) mass is 318 g/mol. The molecule has 3 rings (SSSR count). The standard InChI is InChI=1S/C15H14N2O4S/c1-20-11-4-3-9(8-12(11)21-2)7-10-13(14(18)19)22-15-16-5-6-17(10)15/h3-6,8H,7H2,1-2H3,(H,18,19). The number of imidazole rings is 1. The summed E-state index contributed by atoms with van der Waals surface area (Å²) in [5.74, 6) is 0.322. The van der Waals surface area contributed by atoms with Gasteiger partial charge in [0.15, 0.2) is 16.5 Å². The molecule has 22 heavy (non-hydrogen) atoms. The van der Waals surface area contributed by atoms with Crippen molar-refractivity contribution in [2.45, 2.75) is 6.42 Å². The third-order valence-electron chi connectivity index (χ3n) is 3.37. The number of carboxylic acids is 1. The van der Waals surface area contributed by atoms with Crippen LogP contribution in [0.3, 0.4) is 0 Å². The molecule has 0 aliphatic rings. The molecule has 0 saturated heterocycles. The van der Waals surface area contributed by atoms with Gasteiger partial charge in [-0.3, -0.25) is 4.40 Å². The van der Waals surface area contributed by atoms with Crippen molar-refractivity contribution in [1.82, 2.24) is 9.38 Å². The Kier molecular flexibility index (Phi) is 3.72.